The van der Waals surface area contributed by atoms with Crippen LogP contribution in [0.4, 0.5) is 5.69 Å². The molecule has 0 aliphatic carbocycles. The molecule has 11 heavy (non-hydrogen) atoms. The van der Waals surface area contributed by atoms with Crippen LogP contribution in [0.2, 0.25) is 5.02 Å². The van der Waals surface area contributed by atoms with E-state index in [0.717, 1.165) is 5.69 Å². The maximum absolute atomic E-state index is 8.28. The van der Waals surface area contributed by atoms with Crippen LogP contribution in [0.25, 0.3) is 4.98 Å². The Hall–Kier alpha value is -0.850. The van der Waals surface area contributed by atoms with E-state index < -0.39 is 0 Å². The fraction of sp³-hybridized carbons (Fsp3) is 0.167. The van der Waals surface area contributed by atoms with Gasteiger partial charge >= 0.3 is 5.69 Å². The van der Waals surface area contributed by atoms with E-state index in [0.29, 0.717) is 10.7 Å². The van der Waals surface area contributed by atoms with Crippen molar-refractivity contribution in [3.63, 3.8) is 0 Å². The summed E-state index contributed by atoms with van der Waals surface area (Å²) in [6, 6.07) is 1.55. The Morgan fingerprint density at radius 1 is 1.64 bits per heavy atom. The van der Waals surface area contributed by atoms with Crippen LogP contribution in [0.5, 0.6) is 0 Å². The topological polar surface area (TPSA) is 41.0 Å². The molecule has 0 amide bonds. The first-order chi connectivity index (χ1) is 4.74. The smallest absolute Gasteiger partial charge is 0.404 e. The summed E-state index contributed by atoms with van der Waals surface area (Å²) in [5, 5.41) is 8.79. The summed E-state index contributed by atoms with van der Waals surface area (Å²) in [6.07, 6.45) is 1.45. The monoisotopic (exact) mass is 189 g/mol. The molecule has 0 bridgehead atoms. The fourth-order valence-corrected chi connectivity index (χ4v) is 0.711. The minimum atomic E-state index is 0. The van der Waals surface area contributed by atoms with Crippen LogP contribution >= 0.6 is 11.6 Å². The quantitative estimate of drug-likeness (QED) is 0.519. The van der Waals surface area contributed by atoms with Crippen molar-refractivity contribution >= 4 is 17.3 Å². The third-order valence-corrected chi connectivity index (χ3v) is 1.51. The number of pyridine rings is 1. The van der Waals surface area contributed by atoms with Crippen molar-refractivity contribution in [2.24, 2.45) is 0 Å². The van der Waals surface area contributed by atoms with Crippen molar-refractivity contribution in [1.29, 1.82) is 5.39 Å². The van der Waals surface area contributed by atoms with Gasteiger partial charge in [-0.05, 0) is 6.92 Å². The zero-order valence-corrected chi connectivity index (χ0v) is 7.26. The molecule has 0 aromatic carbocycles. The highest BCUT2D eigenvalue weighted by Gasteiger charge is 2.06. The van der Waals surface area contributed by atoms with E-state index in [-0.39, 0.29) is 12.4 Å². The molecule has 0 aliphatic rings. The molecule has 0 atom stereocenters. The van der Waals surface area contributed by atoms with Gasteiger partial charge < -0.3 is 12.4 Å². The molecule has 0 aliphatic heterocycles. The second-order valence-corrected chi connectivity index (χ2v) is 2.27. The lowest BCUT2D eigenvalue weighted by Gasteiger charge is -1.88. The van der Waals surface area contributed by atoms with E-state index in [2.05, 4.69) is 9.96 Å². The molecule has 0 spiro atoms. The zero-order chi connectivity index (χ0) is 7.56. The molecule has 5 heteroatoms. The van der Waals surface area contributed by atoms with Gasteiger partial charge in [-0.2, -0.15) is 0 Å². The van der Waals surface area contributed by atoms with Gasteiger partial charge in [0.25, 0.3) is 0 Å². The van der Waals surface area contributed by atoms with Gasteiger partial charge in [0.2, 0.25) is 5.39 Å². The van der Waals surface area contributed by atoms with Crippen molar-refractivity contribution in [3.05, 3.63) is 28.0 Å². The summed E-state index contributed by atoms with van der Waals surface area (Å²) in [5.41, 5.74) is 1.10. The first-order valence-corrected chi connectivity index (χ1v) is 3.09. The molecular weight excluding hydrogens is 185 g/mol. The third kappa shape index (κ3) is 2.34. The van der Waals surface area contributed by atoms with Crippen LogP contribution in [0.3, 0.4) is 0 Å². The summed E-state index contributed by atoms with van der Waals surface area (Å²) in [5.74, 6) is 0. The van der Waals surface area contributed by atoms with E-state index in [9.17, 15) is 0 Å². The summed E-state index contributed by atoms with van der Waals surface area (Å²) in [7, 11) is 0. The lowest BCUT2D eigenvalue weighted by atomic mass is 10.3. The van der Waals surface area contributed by atoms with Crippen molar-refractivity contribution in [1.82, 2.24) is 4.98 Å². The molecule has 0 saturated carbocycles. The molecule has 1 aromatic rings. The number of aromatic nitrogens is 1. The minimum absolute atomic E-state index is 0. The molecule has 0 radical (unpaired) electrons. The van der Waals surface area contributed by atoms with Gasteiger partial charge in [0, 0.05) is 0 Å². The minimum Gasteiger partial charge on any atom is -1.00 e. The SMILES string of the molecule is Cc1ncc([N+]#N)cc1Cl.[Cl-]. The summed E-state index contributed by atoms with van der Waals surface area (Å²) < 4.78 is 0. The highest BCUT2D eigenvalue weighted by molar-refractivity contribution is 6.31. The predicted molar refractivity (Wildman–Crippen MR) is 38.7 cm³/mol. The Balaban J connectivity index is 0.000001000. The molecule has 0 unspecified atom stereocenters. The van der Waals surface area contributed by atoms with Gasteiger partial charge in [-0.25, -0.2) is 0 Å². The maximum atomic E-state index is 8.28. The number of halogens is 2. The van der Waals surface area contributed by atoms with Crippen molar-refractivity contribution in [3.8, 4) is 0 Å². The number of hydrogen-bond donors (Lipinski definition) is 0. The number of diazo groups is 1. The second kappa shape index (κ2) is 4.12. The van der Waals surface area contributed by atoms with Gasteiger partial charge in [0.15, 0.2) is 4.98 Å². The summed E-state index contributed by atoms with van der Waals surface area (Å²) in [6.45, 7) is 1.78. The maximum Gasteiger partial charge on any atom is 0.404 e. The van der Waals surface area contributed by atoms with E-state index in [4.69, 9.17) is 17.0 Å². The van der Waals surface area contributed by atoms with Gasteiger partial charge in [-0.1, -0.05) is 11.6 Å². The van der Waals surface area contributed by atoms with Gasteiger partial charge in [-0.15, -0.1) is 0 Å². The molecule has 1 rings (SSSR count). The Morgan fingerprint density at radius 3 is 2.73 bits per heavy atom. The van der Waals surface area contributed by atoms with Gasteiger partial charge in [0.1, 0.15) is 6.20 Å². The van der Waals surface area contributed by atoms with Crippen molar-refractivity contribution < 1.29 is 12.4 Å². The molecule has 0 fully saturated rings. The molecule has 1 aromatic heterocycles. The van der Waals surface area contributed by atoms with Crippen LogP contribution in [0.1, 0.15) is 5.69 Å². The molecule has 1 heterocycles. The first kappa shape index (κ1) is 10.2. The Morgan fingerprint density at radius 2 is 2.27 bits per heavy atom. The van der Waals surface area contributed by atoms with Crippen LogP contribution < -0.4 is 12.4 Å². The second-order valence-electron chi connectivity index (χ2n) is 1.86. The van der Waals surface area contributed by atoms with E-state index in [1.807, 2.05) is 0 Å². The summed E-state index contributed by atoms with van der Waals surface area (Å²) in [4.78, 5) is 6.79. The van der Waals surface area contributed by atoms with Crippen LogP contribution in [-0.4, -0.2) is 4.98 Å². The predicted octanol–water partition coefficient (Wildman–Crippen LogP) is -0.468. The van der Waals surface area contributed by atoms with Gasteiger partial charge in [-0.3, -0.25) is 4.98 Å². The number of hydrogen-bond acceptors (Lipinski definition) is 2. The Labute approximate surface area is 75.4 Å². The normalized spacial score (nSPS) is 8.09. The highest BCUT2D eigenvalue weighted by Crippen LogP contribution is 2.18. The number of nitrogens with zero attached hydrogens (tertiary/aromatic N) is 3. The lowest BCUT2D eigenvalue weighted by molar-refractivity contribution is -0.00000234. The number of aryl methyl sites for hydroxylation is 1. The molecule has 0 saturated heterocycles. The van der Waals surface area contributed by atoms with Crippen LogP contribution in [0.15, 0.2) is 12.3 Å². The molecule has 58 valence electrons. The van der Waals surface area contributed by atoms with Crippen molar-refractivity contribution in [2.45, 2.75) is 6.92 Å². The molecular formula is C6H5Cl2N3. The van der Waals surface area contributed by atoms with E-state index in [1.54, 1.807) is 13.0 Å². The van der Waals surface area contributed by atoms with Crippen LogP contribution in [-0.2, 0) is 0 Å². The van der Waals surface area contributed by atoms with Gasteiger partial charge in [0.05, 0.1) is 16.8 Å². The zero-order valence-electron chi connectivity index (χ0n) is 5.75. The van der Waals surface area contributed by atoms with Crippen LogP contribution in [0, 0.1) is 12.3 Å². The average Bonchev–Trinajstić information content (AvgIpc) is 1.95. The summed E-state index contributed by atoms with van der Waals surface area (Å²) >= 11 is 5.66. The first-order valence-electron chi connectivity index (χ1n) is 2.71. The fourth-order valence-electron chi connectivity index (χ4n) is 0.551. The average molecular weight is 190 g/mol. The van der Waals surface area contributed by atoms with E-state index in [1.165, 1.54) is 6.20 Å². The number of rotatable bonds is 0. The molecule has 0 N–H and O–H groups in total. The van der Waals surface area contributed by atoms with E-state index >= 15 is 0 Å². The standard InChI is InChI=1S/C6H5ClN3.ClH/c1-4-6(7)2-5(10-8)3-9-4;/h2-3H,1H3;1H/q+1;/p-1. The molecule has 3 nitrogen and oxygen atoms in total. The largest absolute Gasteiger partial charge is 1.00 e. The Bertz CT molecular complexity index is 292. The highest BCUT2D eigenvalue weighted by atomic mass is 35.5. The Kier molecular flexibility index (Phi) is 3.80. The third-order valence-electron chi connectivity index (χ3n) is 1.13. The van der Waals surface area contributed by atoms with Crippen molar-refractivity contribution in [2.75, 3.05) is 0 Å². The lowest BCUT2D eigenvalue weighted by Crippen LogP contribution is -3.00.